The summed E-state index contributed by atoms with van der Waals surface area (Å²) in [7, 11) is 0. The molecule has 1 saturated carbocycles. The van der Waals surface area contributed by atoms with E-state index < -0.39 is 36.6 Å². The summed E-state index contributed by atoms with van der Waals surface area (Å²) in [5.74, 6) is 0. The lowest BCUT2D eigenvalue weighted by atomic mass is 9.84. The normalized spacial score (nSPS) is 23.4. The van der Waals surface area contributed by atoms with Gasteiger partial charge in [-0.2, -0.15) is 0 Å². The van der Waals surface area contributed by atoms with E-state index in [2.05, 4.69) is 0 Å². The average molecular weight is 601 g/mol. The van der Waals surface area contributed by atoms with Crippen LogP contribution in [-0.4, -0.2) is 60.4 Å². The van der Waals surface area contributed by atoms with Crippen LogP contribution in [0.25, 0.3) is 0 Å². The third kappa shape index (κ3) is 9.28. The first-order valence-electron chi connectivity index (χ1n) is 14.8. The maximum atomic E-state index is 11.6. The fourth-order valence-corrected chi connectivity index (χ4v) is 5.18. The van der Waals surface area contributed by atoms with E-state index in [-0.39, 0.29) is 26.8 Å². The van der Waals surface area contributed by atoms with E-state index in [1.165, 1.54) is 0 Å². The Bertz CT molecular complexity index is 1330. The third-order valence-corrected chi connectivity index (χ3v) is 7.48. The zero-order chi connectivity index (χ0) is 30.4. The number of ether oxygens (including phenoxy) is 6. The number of aliphatic hydroxyl groups is 2. The molecule has 2 N–H and O–H groups in total. The Morgan fingerprint density at radius 1 is 0.364 bits per heavy atom. The number of hydrogen-bond donors (Lipinski definition) is 2. The van der Waals surface area contributed by atoms with E-state index in [0.29, 0.717) is 13.2 Å². The van der Waals surface area contributed by atoms with Crippen molar-refractivity contribution < 1.29 is 38.6 Å². The molecule has 0 radical (unpaired) electrons. The van der Waals surface area contributed by atoms with Crippen LogP contribution in [0.2, 0.25) is 0 Å². The molecule has 0 heterocycles. The average Bonchev–Trinajstić information content (AvgIpc) is 3.07. The number of benzene rings is 4. The Hall–Kier alpha value is -3.44. The minimum absolute atomic E-state index is 0.111. The first kappa shape index (κ1) is 32.0. The summed E-state index contributed by atoms with van der Waals surface area (Å²) in [5, 5.41) is 23.1. The predicted octanol–water partition coefficient (Wildman–Crippen LogP) is 5.01. The van der Waals surface area contributed by atoms with Crippen LogP contribution >= 0.6 is 0 Å². The fourth-order valence-electron chi connectivity index (χ4n) is 5.18. The van der Waals surface area contributed by atoms with Crippen molar-refractivity contribution >= 4 is 0 Å². The van der Waals surface area contributed by atoms with Gasteiger partial charge in [-0.1, -0.05) is 121 Å². The Morgan fingerprint density at radius 2 is 0.682 bits per heavy atom. The van der Waals surface area contributed by atoms with Crippen LogP contribution in [0.15, 0.2) is 121 Å². The van der Waals surface area contributed by atoms with Gasteiger partial charge >= 0.3 is 0 Å². The molecule has 1 aliphatic rings. The monoisotopic (exact) mass is 600 g/mol. The first-order chi connectivity index (χ1) is 21.7. The lowest BCUT2D eigenvalue weighted by molar-refractivity contribution is -0.290. The van der Waals surface area contributed by atoms with Crippen LogP contribution in [0, 0.1) is 0 Å². The summed E-state index contributed by atoms with van der Waals surface area (Å²) < 4.78 is 36.3. The van der Waals surface area contributed by atoms with Gasteiger partial charge in [0, 0.05) is 0 Å². The molecule has 8 nitrogen and oxygen atoms in total. The Labute approximate surface area is 258 Å². The van der Waals surface area contributed by atoms with Gasteiger partial charge in [0.25, 0.3) is 0 Å². The summed E-state index contributed by atoms with van der Waals surface area (Å²) in [5.41, 5.74) is 3.84. The lowest BCUT2D eigenvalue weighted by Crippen LogP contribution is -2.66. The second kappa shape index (κ2) is 17.2. The summed E-state index contributed by atoms with van der Waals surface area (Å²) in [4.78, 5) is 0. The van der Waals surface area contributed by atoms with Crippen LogP contribution in [-0.2, 0) is 54.8 Å². The smallest absolute Gasteiger partial charge is 0.147 e. The molecule has 4 aromatic rings. The van der Waals surface area contributed by atoms with Crippen molar-refractivity contribution in [2.24, 2.45) is 0 Å². The van der Waals surface area contributed by atoms with Crippen LogP contribution < -0.4 is 0 Å². The largest absolute Gasteiger partial charge is 0.387 e. The molecule has 0 unspecified atom stereocenters. The van der Waals surface area contributed by atoms with Gasteiger partial charge in [-0.15, -0.1) is 0 Å². The van der Waals surface area contributed by atoms with Gasteiger partial charge in [0.15, 0.2) is 0 Å². The van der Waals surface area contributed by atoms with Crippen molar-refractivity contribution in [2.45, 2.75) is 63.1 Å². The van der Waals surface area contributed by atoms with E-state index in [1.807, 2.05) is 121 Å². The van der Waals surface area contributed by atoms with Crippen LogP contribution in [0.4, 0.5) is 0 Å². The zero-order valence-electron chi connectivity index (χ0n) is 24.6. The van der Waals surface area contributed by atoms with E-state index in [4.69, 9.17) is 28.4 Å². The molecule has 1 aliphatic carbocycles. The van der Waals surface area contributed by atoms with Crippen LogP contribution in [0.1, 0.15) is 22.3 Å². The van der Waals surface area contributed by atoms with Crippen LogP contribution in [0.5, 0.6) is 0 Å². The minimum atomic E-state index is -1.26. The van der Waals surface area contributed by atoms with Crippen molar-refractivity contribution in [3.63, 3.8) is 0 Å². The summed E-state index contributed by atoms with van der Waals surface area (Å²) >= 11 is 0. The second-order valence-electron chi connectivity index (χ2n) is 10.7. The molecule has 0 spiro atoms. The molecule has 5 rings (SSSR count). The SMILES string of the molecule is O[C@@H]1[C@H](OCOCc2ccccc2)[C@H](O)[C@@H](OCc2ccccc2)[C@H](OCc2ccccc2)[C@H]1OCOCc1ccccc1. The minimum Gasteiger partial charge on any atom is -0.387 e. The van der Waals surface area contributed by atoms with E-state index in [0.717, 1.165) is 22.3 Å². The van der Waals surface area contributed by atoms with Crippen molar-refractivity contribution in [2.75, 3.05) is 13.6 Å². The van der Waals surface area contributed by atoms with Gasteiger partial charge in [0.05, 0.1) is 26.4 Å². The van der Waals surface area contributed by atoms with Crippen molar-refractivity contribution in [3.05, 3.63) is 144 Å². The first-order valence-corrected chi connectivity index (χ1v) is 14.8. The molecule has 1 fully saturated rings. The van der Waals surface area contributed by atoms with Gasteiger partial charge in [-0.3, -0.25) is 0 Å². The molecule has 232 valence electrons. The molecule has 0 saturated heterocycles. The highest BCUT2D eigenvalue weighted by Gasteiger charge is 2.53. The quantitative estimate of drug-likeness (QED) is 0.137. The molecule has 0 aliphatic heterocycles. The molecule has 4 aromatic carbocycles. The molecule has 0 amide bonds. The Balaban J connectivity index is 1.31. The predicted molar refractivity (Wildman–Crippen MR) is 164 cm³/mol. The fraction of sp³-hybridized carbons (Fsp3) is 0.333. The van der Waals surface area contributed by atoms with Gasteiger partial charge < -0.3 is 38.6 Å². The summed E-state index contributed by atoms with van der Waals surface area (Å²) in [6.45, 7) is 0.851. The highest BCUT2D eigenvalue weighted by atomic mass is 16.7. The Kier molecular flexibility index (Phi) is 12.5. The molecular weight excluding hydrogens is 560 g/mol. The summed E-state index contributed by atoms with van der Waals surface area (Å²) in [6.07, 6.45) is -6.22. The molecule has 0 aromatic heterocycles. The van der Waals surface area contributed by atoms with Gasteiger partial charge in [0.1, 0.15) is 50.2 Å². The highest BCUT2D eigenvalue weighted by molar-refractivity contribution is 5.16. The second-order valence-corrected chi connectivity index (χ2v) is 10.7. The maximum absolute atomic E-state index is 11.6. The standard InChI is InChI=1S/C36H40O8/c37-31-33(43-25-39-21-27-13-5-1-6-14-27)32(38)35(44-26-40-22-28-15-7-2-8-16-28)36(42-24-30-19-11-4-12-20-30)34(31)41-23-29-17-9-3-10-18-29/h1-20,31-38H,21-26H2/t31-,32+,33+,34+,35-,36-/m0/s1. The number of rotatable bonds is 16. The van der Waals surface area contributed by atoms with E-state index >= 15 is 0 Å². The molecule has 6 atom stereocenters. The third-order valence-electron chi connectivity index (χ3n) is 7.48. The van der Waals surface area contributed by atoms with Gasteiger partial charge in [0.2, 0.25) is 0 Å². The summed E-state index contributed by atoms with van der Waals surface area (Å²) in [6, 6.07) is 38.8. The zero-order valence-corrected chi connectivity index (χ0v) is 24.6. The Morgan fingerprint density at radius 3 is 1.09 bits per heavy atom. The van der Waals surface area contributed by atoms with Crippen LogP contribution in [0.3, 0.4) is 0 Å². The van der Waals surface area contributed by atoms with Crippen molar-refractivity contribution in [1.82, 2.24) is 0 Å². The molecule has 8 heteroatoms. The van der Waals surface area contributed by atoms with Crippen molar-refractivity contribution in [1.29, 1.82) is 0 Å². The number of hydrogen-bond acceptors (Lipinski definition) is 8. The maximum Gasteiger partial charge on any atom is 0.147 e. The molecular formula is C36H40O8. The van der Waals surface area contributed by atoms with E-state index in [9.17, 15) is 10.2 Å². The topological polar surface area (TPSA) is 95.8 Å². The molecule has 0 bridgehead atoms. The van der Waals surface area contributed by atoms with Gasteiger partial charge in [-0.25, -0.2) is 0 Å². The highest BCUT2D eigenvalue weighted by Crippen LogP contribution is 2.31. The number of aliphatic hydroxyl groups excluding tert-OH is 2. The molecule has 44 heavy (non-hydrogen) atoms. The van der Waals surface area contributed by atoms with Crippen molar-refractivity contribution in [3.8, 4) is 0 Å². The van der Waals surface area contributed by atoms with Gasteiger partial charge in [-0.05, 0) is 22.3 Å². The lowest BCUT2D eigenvalue weighted by Gasteiger charge is -2.46. The van der Waals surface area contributed by atoms with E-state index in [1.54, 1.807) is 0 Å².